The van der Waals surface area contributed by atoms with Crippen molar-refractivity contribution < 1.29 is 13.9 Å². The van der Waals surface area contributed by atoms with Gasteiger partial charge in [-0.05, 0) is 64.4 Å². The molecule has 0 saturated carbocycles. The fourth-order valence-corrected chi connectivity index (χ4v) is 3.95. The Morgan fingerprint density at radius 3 is 2.43 bits per heavy atom. The molecule has 0 aliphatic carbocycles. The van der Waals surface area contributed by atoms with Crippen molar-refractivity contribution in [3.63, 3.8) is 0 Å². The van der Waals surface area contributed by atoms with Crippen LogP contribution in [0, 0.1) is 0 Å². The molecule has 0 amide bonds. The van der Waals surface area contributed by atoms with Crippen molar-refractivity contribution in [2.75, 3.05) is 20.3 Å². The normalized spacial score (nSPS) is 12.7. The number of pyridine rings is 1. The van der Waals surface area contributed by atoms with Crippen molar-refractivity contribution >= 4 is 29.8 Å². The molecule has 30 heavy (non-hydrogen) atoms. The van der Waals surface area contributed by atoms with E-state index in [1.54, 1.807) is 7.11 Å². The molecule has 1 aromatic carbocycles. The van der Waals surface area contributed by atoms with Gasteiger partial charge in [-0.25, -0.2) is 0 Å². The maximum absolute atomic E-state index is 6.42. The minimum absolute atomic E-state index is 0.169. The molecule has 0 radical (unpaired) electrons. The predicted octanol–water partition coefficient (Wildman–Crippen LogP) is 7.30. The highest BCUT2D eigenvalue weighted by atomic mass is 79.9. The second-order valence-electron chi connectivity index (χ2n) is 8.86. The first-order valence-corrected chi connectivity index (χ1v) is 14.1. The highest BCUT2D eigenvalue weighted by Gasteiger charge is 2.37. The fourth-order valence-electron chi connectivity index (χ4n) is 2.61. The molecular formula is C24H34BrNO3Si. The van der Waals surface area contributed by atoms with E-state index in [9.17, 15) is 0 Å². The van der Waals surface area contributed by atoms with Gasteiger partial charge in [-0.3, -0.25) is 4.98 Å². The lowest BCUT2D eigenvalue weighted by Crippen LogP contribution is -2.41. The second kappa shape index (κ2) is 10.6. The lowest BCUT2D eigenvalue weighted by atomic mass is 10.0. The van der Waals surface area contributed by atoms with Gasteiger partial charge in [0.2, 0.25) is 0 Å². The Kier molecular flexibility index (Phi) is 8.70. The monoisotopic (exact) mass is 491 g/mol. The van der Waals surface area contributed by atoms with Crippen molar-refractivity contribution in [2.45, 2.75) is 52.2 Å². The van der Waals surface area contributed by atoms with Crippen LogP contribution in [0.5, 0.6) is 11.5 Å². The van der Waals surface area contributed by atoms with Gasteiger partial charge in [-0.2, -0.15) is 0 Å². The maximum Gasteiger partial charge on any atom is 0.192 e. The van der Waals surface area contributed by atoms with Crippen LogP contribution >= 0.6 is 15.9 Å². The first kappa shape index (κ1) is 24.6. The second-order valence-corrected chi connectivity index (χ2v) is 14.1. The molecule has 1 heterocycles. The summed E-state index contributed by atoms with van der Waals surface area (Å²) in [5.41, 5.74) is 4.17. The van der Waals surface area contributed by atoms with E-state index in [0.717, 1.165) is 40.2 Å². The van der Waals surface area contributed by atoms with E-state index in [1.807, 2.05) is 35.6 Å². The van der Waals surface area contributed by atoms with Gasteiger partial charge in [0, 0.05) is 18.0 Å². The van der Waals surface area contributed by atoms with Crippen LogP contribution in [-0.4, -0.2) is 33.6 Å². The number of aromatic nitrogens is 1. The third-order valence-corrected chi connectivity index (χ3v) is 10.6. The van der Waals surface area contributed by atoms with E-state index in [0.29, 0.717) is 13.2 Å². The lowest BCUT2D eigenvalue weighted by Gasteiger charge is -2.36. The topological polar surface area (TPSA) is 40.6 Å². The number of methoxy groups -OCH3 is 1. The number of ether oxygens (including phenoxy) is 2. The average Bonchev–Trinajstić information content (AvgIpc) is 2.71. The van der Waals surface area contributed by atoms with E-state index in [2.05, 4.69) is 67.8 Å². The van der Waals surface area contributed by atoms with Crippen molar-refractivity contribution in [2.24, 2.45) is 0 Å². The Hall–Kier alpha value is -1.63. The molecule has 1 aromatic heterocycles. The summed E-state index contributed by atoms with van der Waals surface area (Å²) in [6.45, 7) is 14.6. The summed E-state index contributed by atoms with van der Waals surface area (Å²) >= 11 is 3.52. The van der Waals surface area contributed by atoms with Crippen molar-refractivity contribution in [3.8, 4) is 22.6 Å². The molecular weight excluding hydrogens is 458 g/mol. The third kappa shape index (κ3) is 6.19. The third-order valence-electron chi connectivity index (χ3n) is 5.59. The highest BCUT2D eigenvalue weighted by molar-refractivity contribution is 9.11. The maximum atomic E-state index is 6.42. The average molecular weight is 493 g/mol. The zero-order valence-corrected chi connectivity index (χ0v) is 21.8. The predicted molar refractivity (Wildman–Crippen MR) is 132 cm³/mol. The van der Waals surface area contributed by atoms with Crippen LogP contribution in [0.1, 0.15) is 39.7 Å². The number of halogens is 1. The van der Waals surface area contributed by atoms with Crippen LogP contribution in [0.15, 0.2) is 41.6 Å². The lowest BCUT2D eigenvalue weighted by molar-refractivity contribution is 0.294. The molecule has 0 aliphatic rings. The molecule has 2 rings (SSSR count). The van der Waals surface area contributed by atoms with Crippen molar-refractivity contribution in [3.05, 3.63) is 47.2 Å². The molecule has 0 bridgehead atoms. The Bertz CT molecular complexity index is 875. The quantitative estimate of drug-likeness (QED) is 0.344. The number of nitrogens with zero attached hydrogens (tertiary/aromatic N) is 1. The zero-order chi connectivity index (χ0) is 22.4. The van der Waals surface area contributed by atoms with Gasteiger partial charge in [0.1, 0.15) is 0 Å². The molecule has 0 fully saturated rings. The first-order chi connectivity index (χ1) is 14.1. The SMILES string of the molecule is CCCOc1cc(-c2cncc(C(=CBr)CO[Si](C)(C)C(C)(C)C)c2)ccc1OC. The number of benzene rings is 1. The first-order valence-electron chi connectivity index (χ1n) is 10.3. The minimum Gasteiger partial charge on any atom is -0.493 e. The van der Waals surface area contributed by atoms with E-state index in [-0.39, 0.29) is 5.04 Å². The van der Waals surface area contributed by atoms with Crippen molar-refractivity contribution in [1.29, 1.82) is 0 Å². The summed E-state index contributed by atoms with van der Waals surface area (Å²) in [7, 11) is -0.180. The summed E-state index contributed by atoms with van der Waals surface area (Å²) in [5.74, 6) is 1.49. The number of hydrogen-bond acceptors (Lipinski definition) is 4. The summed E-state index contributed by atoms with van der Waals surface area (Å²) in [6, 6.07) is 8.12. The molecule has 2 aromatic rings. The molecule has 0 saturated heterocycles. The van der Waals surface area contributed by atoms with Gasteiger partial charge < -0.3 is 13.9 Å². The van der Waals surface area contributed by atoms with Crippen LogP contribution in [0.25, 0.3) is 16.7 Å². The molecule has 0 aliphatic heterocycles. The van der Waals surface area contributed by atoms with E-state index < -0.39 is 8.32 Å². The smallest absolute Gasteiger partial charge is 0.192 e. The Morgan fingerprint density at radius 1 is 1.10 bits per heavy atom. The Balaban J connectivity index is 2.29. The van der Waals surface area contributed by atoms with Gasteiger partial charge in [-0.15, -0.1) is 0 Å². The minimum atomic E-state index is -1.84. The molecule has 6 heteroatoms. The van der Waals surface area contributed by atoms with E-state index in [1.165, 1.54) is 0 Å². The van der Waals surface area contributed by atoms with Crippen LogP contribution in [0.2, 0.25) is 18.1 Å². The standard InChI is InChI=1S/C24H34BrNO3Si/c1-8-11-28-23-13-18(9-10-22(23)27-5)19-12-20(16-26-15-19)21(14-25)17-29-30(6,7)24(2,3)4/h9-10,12-16H,8,11,17H2,1-7H3. The summed E-state index contributed by atoms with van der Waals surface area (Å²) < 4.78 is 17.7. The fraction of sp³-hybridized carbons (Fsp3) is 0.458. The van der Waals surface area contributed by atoms with Crippen molar-refractivity contribution in [1.82, 2.24) is 4.98 Å². The number of hydrogen-bond donors (Lipinski definition) is 0. The van der Waals surface area contributed by atoms with Crippen LogP contribution < -0.4 is 9.47 Å². The van der Waals surface area contributed by atoms with Gasteiger partial charge in [-0.1, -0.05) is 49.7 Å². The van der Waals surface area contributed by atoms with Crippen LogP contribution in [0.4, 0.5) is 0 Å². The molecule has 0 N–H and O–H groups in total. The van der Waals surface area contributed by atoms with Crippen LogP contribution in [0.3, 0.4) is 0 Å². The summed E-state index contributed by atoms with van der Waals surface area (Å²) in [6.07, 6.45) is 4.69. The summed E-state index contributed by atoms with van der Waals surface area (Å²) in [5, 5.41) is 0.169. The van der Waals surface area contributed by atoms with Crippen LogP contribution in [-0.2, 0) is 4.43 Å². The Morgan fingerprint density at radius 2 is 1.83 bits per heavy atom. The molecule has 0 atom stereocenters. The number of rotatable bonds is 9. The molecule has 164 valence electrons. The van der Waals surface area contributed by atoms with Gasteiger partial charge in [0.05, 0.1) is 20.3 Å². The molecule has 4 nitrogen and oxygen atoms in total. The zero-order valence-electron chi connectivity index (χ0n) is 19.2. The molecule has 0 unspecified atom stereocenters. The van der Waals surface area contributed by atoms with E-state index >= 15 is 0 Å². The van der Waals surface area contributed by atoms with Gasteiger partial charge in [0.25, 0.3) is 0 Å². The molecule has 0 spiro atoms. The largest absolute Gasteiger partial charge is 0.493 e. The highest BCUT2D eigenvalue weighted by Crippen LogP contribution is 2.38. The van der Waals surface area contributed by atoms with Gasteiger partial charge >= 0.3 is 0 Å². The summed E-state index contributed by atoms with van der Waals surface area (Å²) in [4.78, 5) is 6.41. The van der Waals surface area contributed by atoms with Gasteiger partial charge in [0.15, 0.2) is 19.8 Å². The Labute approximate surface area is 190 Å². The van der Waals surface area contributed by atoms with E-state index in [4.69, 9.17) is 13.9 Å².